The summed E-state index contributed by atoms with van der Waals surface area (Å²) in [6, 6.07) is 4.24. The fourth-order valence-electron chi connectivity index (χ4n) is 2.34. The molecular weight excluding hydrogens is 246 g/mol. The van der Waals surface area contributed by atoms with Crippen molar-refractivity contribution in [3.8, 4) is 0 Å². The Bertz CT molecular complexity index is 450. The molecule has 98 valence electrons. The number of ether oxygens (including phenoxy) is 1. The number of rotatable bonds is 4. The second kappa shape index (κ2) is 5.63. The van der Waals surface area contributed by atoms with Crippen molar-refractivity contribution in [3.63, 3.8) is 0 Å². The van der Waals surface area contributed by atoms with Crippen molar-refractivity contribution in [1.82, 2.24) is 4.98 Å². The predicted octanol–water partition coefficient (Wildman–Crippen LogP) is 2.00. The van der Waals surface area contributed by atoms with Crippen molar-refractivity contribution < 1.29 is 4.74 Å². The fourth-order valence-corrected chi connectivity index (χ4v) is 2.51. The van der Waals surface area contributed by atoms with Crippen LogP contribution in [0, 0.1) is 6.92 Å². The topological polar surface area (TPSA) is 60.2 Å². The van der Waals surface area contributed by atoms with Crippen LogP contribution < -0.4 is 11.1 Å². The van der Waals surface area contributed by atoms with Crippen molar-refractivity contribution >= 4 is 23.0 Å². The van der Waals surface area contributed by atoms with Gasteiger partial charge in [-0.2, -0.15) is 0 Å². The smallest absolute Gasteiger partial charge is 0.136 e. The zero-order chi connectivity index (χ0) is 13.1. The van der Waals surface area contributed by atoms with Crippen LogP contribution in [0.2, 0.25) is 0 Å². The number of aryl methyl sites for hydroxylation is 1. The summed E-state index contributed by atoms with van der Waals surface area (Å²) in [7, 11) is 1.76. The Morgan fingerprint density at radius 1 is 1.50 bits per heavy atom. The van der Waals surface area contributed by atoms with Gasteiger partial charge in [0.2, 0.25) is 0 Å². The number of methoxy groups -OCH3 is 1. The first kappa shape index (κ1) is 13.2. The van der Waals surface area contributed by atoms with Gasteiger partial charge in [-0.05, 0) is 38.3 Å². The zero-order valence-corrected chi connectivity index (χ0v) is 11.6. The van der Waals surface area contributed by atoms with E-state index >= 15 is 0 Å². The van der Waals surface area contributed by atoms with E-state index < -0.39 is 0 Å². The van der Waals surface area contributed by atoms with Gasteiger partial charge in [0.15, 0.2) is 0 Å². The number of nitrogens with zero attached hydrogens (tertiary/aromatic N) is 1. The molecule has 5 heteroatoms. The number of aromatic nitrogens is 1. The molecule has 2 atom stereocenters. The summed E-state index contributed by atoms with van der Waals surface area (Å²) in [6.07, 6.45) is 3.52. The average molecular weight is 265 g/mol. The molecule has 2 unspecified atom stereocenters. The number of nitrogens with two attached hydrogens (primary N) is 1. The highest BCUT2D eigenvalue weighted by Gasteiger charge is 2.25. The Morgan fingerprint density at radius 2 is 2.28 bits per heavy atom. The summed E-state index contributed by atoms with van der Waals surface area (Å²) in [5.74, 6) is 0.796. The lowest BCUT2D eigenvalue weighted by Crippen LogP contribution is -2.22. The molecule has 0 aromatic carbocycles. The summed E-state index contributed by atoms with van der Waals surface area (Å²) in [5, 5.41) is 3.44. The lowest BCUT2D eigenvalue weighted by Gasteiger charge is -2.16. The maximum Gasteiger partial charge on any atom is 0.136 e. The second-order valence-corrected chi connectivity index (χ2v) is 5.16. The molecular formula is C13H19N3OS. The van der Waals surface area contributed by atoms with E-state index in [1.165, 1.54) is 0 Å². The standard InChI is InChI=1S/C13H19N3OS/c1-8-3-6-11(12(14)18)13(15-8)16-9-4-5-10(7-9)17-2/h3,6,9-10H,4-5,7H2,1-2H3,(H2,14,18)(H,15,16). The first-order valence-electron chi connectivity index (χ1n) is 6.17. The van der Waals surface area contributed by atoms with Crippen LogP contribution >= 0.6 is 12.2 Å². The minimum absolute atomic E-state index is 0.348. The van der Waals surface area contributed by atoms with Crippen molar-refractivity contribution in [3.05, 3.63) is 23.4 Å². The Balaban J connectivity index is 2.13. The summed E-state index contributed by atoms with van der Waals surface area (Å²) in [5.41, 5.74) is 7.49. The normalized spacial score (nSPS) is 23.0. The maximum absolute atomic E-state index is 5.72. The largest absolute Gasteiger partial charge is 0.389 e. The number of hydrogen-bond donors (Lipinski definition) is 2. The lowest BCUT2D eigenvalue weighted by molar-refractivity contribution is 0.108. The van der Waals surface area contributed by atoms with E-state index in [0.29, 0.717) is 17.1 Å². The number of anilines is 1. The second-order valence-electron chi connectivity index (χ2n) is 4.73. The third-order valence-electron chi connectivity index (χ3n) is 3.36. The van der Waals surface area contributed by atoms with E-state index in [9.17, 15) is 0 Å². The van der Waals surface area contributed by atoms with Gasteiger partial charge in [-0.1, -0.05) is 12.2 Å². The highest BCUT2D eigenvalue weighted by atomic mass is 32.1. The summed E-state index contributed by atoms with van der Waals surface area (Å²) >= 11 is 5.05. The minimum atomic E-state index is 0.348. The number of thiocarbonyl (C=S) groups is 1. The molecule has 0 spiro atoms. The quantitative estimate of drug-likeness (QED) is 0.815. The van der Waals surface area contributed by atoms with Crippen molar-refractivity contribution in [2.24, 2.45) is 5.73 Å². The molecule has 0 saturated heterocycles. The van der Waals surface area contributed by atoms with Crippen molar-refractivity contribution in [2.75, 3.05) is 12.4 Å². The molecule has 0 radical (unpaired) electrons. The molecule has 3 N–H and O–H groups in total. The number of pyridine rings is 1. The third kappa shape index (κ3) is 2.97. The summed E-state index contributed by atoms with van der Waals surface area (Å²) in [4.78, 5) is 4.87. The zero-order valence-electron chi connectivity index (χ0n) is 10.8. The Hall–Kier alpha value is -1.20. The molecule has 1 aromatic rings. The van der Waals surface area contributed by atoms with E-state index in [1.807, 2.05) is 19.1 Å². The Morgan fingerprint density at radius 3 is 2.89 bits per heavy atom. The highest BCUT2D eigenvalue weighted by Crippen LogP contribution is 2.25. The summed E-state index contributed by atoms with van der Waals surface area (Å²) < 4.78 is 5.37. The molecule has 18 heavy (non-hydrogen) atoms. The molecule has 0 aliphatic heterocycles. The van der Waals surface area contributed by atoms with Gasteiger partial charge in [-0.3, -0.25) is 0 Å². The lowest BCUT2D eigenvalue weighted by atomic mass is 10.2. The van der Waals surface area contributed by atoms with Crippen LogP contribution in [0.15, 0.2) is 12.1 Å². The average Bonchev–Trinajstić information content (AvgIpc) is 2.76. The molecule has 0 amide bonds. The molecule has 0 bridgehead atoms. The van der Waals surface area contributed by atoms with Crippen LogP contribution in [0.3, 0.4) is 0 Å². The van der Waals surface area contributed by atoms with Gasteiger partial charge in [0.1, 0.15) is 10.8 Å². The van der Waals surface area contributed by atoms with E-state index in [0.717, 1.165) is 36.3 Å². The fraction of sp³-hybridized carbons (Fsp3) is 0.538. The predicted molar refractivity (Wildman–Crippen MR) is 76.9 cm³/mol. The number of nitrogens with one attached hydrogen (secondary N) is 1. The van der Waals surface area contributed by atoms with Crippen LogP contribution in [0.1, 0.15) is 30.5 Å². The third-order valence-corrected chi connectivity index (χ3v) is 3.58. The Kier molecular flexibility index (Phi) is 4.14. The monoisotopic (exact) mass is 265 g/mol. The van der Waals surface area contributed by atoms with Gasteiger partial charge in [0.25, 0.3) is 0 Å². The van der Waals surface area contributed by atoms with Gasteiger partial charge in [-0.25, -0.2) is 4.98 Å². The minimum Gasteiger partial charge on any atom is -0.389 e. The molecule has 1 aromatic heterocycles. The molecule has 4 nitrogen and oxygen atoms in total. The van der Waals surface area contributed by atoms with Crippen LogP contribution in [0.25, 0.3) is 0 Å². The van der Waals surface area contributed by atoms with E-state index in [-0.39, 0.29) is 0 Å². The van der Waals surface area contributed by atoms with Crippen LogP contribution in [-0.2, 0) is 4.74 Å². The molecule has 1 heterocycles. The van der Waals surface area contributed by atoms with Crippen LogP contribution in [-0.4, -0.2) is 29.2 Å². The van der Waals surface area contributed by atoms with Gasteiger partial charge < -0.3 is 15.8 Å². The van der Waals surface area contributed by atoms with Gasteiger partial charge in [-0.15, -0.1) is 0 Å². The maximum atomic E-state index is 5.72. The molecule has 1 saturated carbocycles. The first-order valence-corrected chi connectivity index (χ1v) is 6.57. The van der Waals surface area contributed by atoms with Crippen LogP contribution in [0.5, 0.6) is 0 Å². The van der Waals surface area contributed by atoms with Crippen molar-refractivity contribution in [1.29, 1.82) is 0 Å². The SMILES string of the molecule is COC1CCC(Nc2nc(C)ccc2C(N)=S)C1. The van der Waals surface area contributed by atoms with E-state index in [4.69, 9.17) is 22.7 Å². The Labute approximate surface area is 113 Å². The first-order chi connectivity index (χ1) is 8.60. The molecule has 1 fully saturated rings. The van der Waals surface area contributed by atoms with Gasteiger partial charge in [0.05, 0.1) is 11.7 Å². The molecule has 1 aliphatic rings. The summed E-state index contributed by atoms with van der Waals surface area (Å²) in [6.45, 7) is 1.96. The van der Waals surface area contributed by atoms with Gasteiger partial charge >= 0.3 is 0 Å². The highest BCUT2D eigenvalue weighted by molar-refractivity contribution is 7.80. The van der Waals surface area contributed by atoms with Gasteiger partial charge in [0, 0.05) is 18.8 Å². The molecule has 2 rings (SSSR count). The number of hydrogen-bond acceptors (Lipinski definition) is 4. The van der Waals surface area contributed by atoms with Crippen molar-refractivity contribution in [2.45, 2.75) is 38.3 Å². The van der Waals surface area contributed by atoms with Crippen LogP contribution in [0.4, 0.5) is 5.82 Å². The van der Waals surface area contributed by atoms with E-state index in [2.05, 4.69) is 10.3 Å². The van der Waals surface area contributed by atoms with E-state index in [1.54, 1.807) is 7.11 Å². The molecule has 1 aliphatic carbocycles.